The summed E-state index contributed by atoms with van der Waals surface area (Å²) in [5.41, 5.74) is 1.09. The smallest absolute Gasteiger partial charge is 0.237 e. The Bertz CT molecular complexity index is 857. The maximum Gasteiger partial charge on any atom is 0.237 e. The third-order valence-electron chi connectivity index (χ3n) is 5.29. The Morgan fingerprint density at radius 2 is 2.22 bits per heavy atom. The van der Waals surface area contributed by atoms with Crippen LogP contribution in [-0.4, -0.2) is 41.5 Å². The SMILES string of the molecule is C[C@H](C(=O)NCCc1cccs1)N1CCC[C@H](c2nc3ccccc3s2)C1. The summed E-state index contributed by atoms with van der Waals surface area (Å²) in [6.07, 6.45) is 3.18. The third-order valence-corrected chi connectivity index (χ3v) is 7.43. The monoisotopic (exact) mass is 399 g/mol. The number of benzene rings is 1. The zero-order valence-electron chi connectivity index (χ0n) is 15.6. The first kappa shape index (κ1) is 18.6. The van der Waals surface area contributed by atoms with E-state index in [2.05, 4.69) is 45.9 Å². The summed E-state index contributed by atoms with van der Waals surface area (Å²) in [6, 6.07) is 12.4. The molecule has 0 radical (unpaired) electrons. The highest BCUT2D eigenvalue weighted by atomic mass is 32.1. The molecule has 27 heavy (non-hydrogen) atoms. The van der Waals surface area contributed by atoms with Crippen LogP contribution in [0.3, 0.4) is 0 Å². The standard InChI is InChI=1S/C21H25N3OS2/c1-15(20(25)22-11-10-17-7-5-13-26-17)24-12-4-6-16(14-24)21-23-18-8-2-3-9-19(18)27-21/h2-3,5,7-9,13,15-16H,4,6,10-12,14H2,1H3,(H,22,25)/t15-,16+/m1/s1. The van der Waals surface area contributed by atoms with E-state index in [4.69, 9.17) is 4.98 Å². The van der Waals surface area contributed by atoms with Crippen molar-refractivity contribution in [2.75, 3.05) is 19.6 Å². The molecular weight excluding hydrogens is 374 g/mol. The molecule has 6 heteroatoms. The van der Waals surface area contributed by atoms with E-state index in [1.807, 2.05) is 13.0 Å². The van der Waals surface area contributed by atoms with Gasteiger partial charge in [-0.3, -0.25) is 9.69 Å². The van der Waals surface area contributed by atoms with E-state index in [-0.39, 0.29) is 11.9 Å². The van der Waals surface area contributed by atoms with E-state index in [9.17, 15) is 4.79 Å². The van der Waals surface area contributed by atoms with Gasteiger partial charge in [-0.05, 0) is 56.3 Å². The molecule has 0 unspecified atom stereocenters. The molecule has 1 saturated heterocycles. The fraction of sp³-hybridized carbons (Fsp3) is 0.429. The van der Waals surface area contributed by atoms with Gasteiger partial charge in [-0.1, -0.05) is 18.2 Å². The molecule has 3 heterocycles. The van der Waals surface area contributed by atoms with E-state index >= 15 is 0 Å². The Hall–Kier alpha value is -1.76. The van der Waals surface area contributed by atoms with Crippen LogP contribution < -0.4 is 5.32 Å². The molecule has 3 aromatic rings. The van der Waals surface area contributed by atoms with Gasteiger partial charge in [0.15, 0.2) is 0 Å². The molecule has 1 aromatic carbocycles. The first-order valence-electron chi connectivity index (χ1n) is 9.60. The van der Waals surface area contributed by atoms with Crippen molar-refractivity contribution >= 4 is 38.8 Å². The number of thiophene rings is 1. The van der Waals surface area contributed by atoms with Gasteiger partial charge in [-0.25, -0.2) is 4.98 Å². The summed E-state index contributed by atoms with van der Waals surface area (Å²) in [4.78, 5) is 21.1. The van der Waals surface area contributed by atoms with Crippen molar-refractivity contribution < 1.29 is 4.79 Å². The Labute approximate surface area is 168 Å². The highest BCUT2D eigenvalue weighted by Crippen LogP contribution is 2.33. The molecule has 1 N–H and O–H groups in total. The molecule has 4 nitrogen and oxygen atoms in total. The van der Waals surface area contributed by atoms with E-state index in [0.717, 1.165) is 37.9 Å². The average Bonchev–Trinajstić information content (AvgIpc) is 3.37. The Kier molecular flexibility index (Phi) is 5.86. The second-order valence-corrected chi connectivity index (χ2v) is 9.24. The fourth-order valence-electron chi connectivity index (χ4n) is 3.70. The number of rotatable bonds is 6. The van der Waals surface area contributed by atoms with Crippen molar-refractivity contribution in [3.05, 3.63) is 51.7 Å². The van der Waals surface area contributed by atoms with Gasteiger partial charge in [0.05, 0.1) is 21.3 Å². The van der Waals surface area contributed by atoms with Crippen LogP contribution in [0, 0.1) is 0 Å². The van der Waals surface area contributed by atoms with E-state index in [1.54, 1.807) is 22.7 Å². The van der Waals surface area contributed by atoms with Crippen molar-refractivity contribution in [3.63, 3.8) is 0 Å². The van der Waals surface area contributed by atoms with Gasteiger partial charge in [0, 0.05) is 23.9 Å². The number of nitrogens with one attached hydrogen (secondary N) is 1. The van der Waals surface area contributed by atoms with Crippen LogP contribution in [0.15, 0.2) is 41.8 Å². The highest BCUT2D eigenvalue weighted by Gasteiger charge is 2.29. The lowest BCUT2D eigenvalue weighted by Gasteiger charge is -2.35. The van der Waals surface area contributed by atoms with Crippen molar-refractivity contribution in [2.45, 2.75) is 38.1 Å². The number of hydrogen-bond acceptors (Lipinski definition) is 5. The molecule has 1 aliphatic rings. The first-order chi connectivity index (χ1) is 13.2. The van der Waals surface area contributed by atoms with E-state index in [1.165, 1.54) is 14.6 Å². The minimum atomic E-state index is -0.0921. The predicted molar refractivity (Wildman–Crippen MR) is 114 cm³/mol. The second kappa shape index (κ2) is 8.50. The van der Waals surface area contributed by atoms with Crippen LogP contribution in [0.25, 0.3) is 10.2 Å². The first-order valence-corrected chi connectivity index (χ1v) is 11.3. The minimum Gasteiger partial charge on any atom is -0.354 e. The minimum absolute atomic E-state index is 0.0921. The van der Waals surface area contributed by atoms with Gasteiger partial charge in [0.25, 0.3) is 0 Å². The molecule has 1 fully saturated rings. The molecule has 0 bridgehead atoms. The number of nitrogens with zero attached hydrogens (tertiary/aromatic N) is 2. The number of piperidine rings is 1. The number of likely N-dealkylation sites (tertiary alicyclic amines) is 1. The van der Waals surface area contributed by atoms with Gasteiger partial charge >= 0.3 is 0 Å². The van der Waals surface area contributed by atoms with Crippen LogP contribution in [0.2, 0.25) is 0 Å². The molecule has 1 amide bonds. The molecule has 1 aliphatic heterocycles. The van der Waals surface area contributed by atoms with Crippen LogP contribution >= 0.6 is 22.7 Å². The number of carbonyl (C=O) groups excluding carboxylic acids is 1. The van der Waals surface area contributed by atoms with Crippen LogP contribution in [0.5, 0.6) is 0 Å². The molecule has 4 rings (SSSR count). The van der Waals surface area contributed by atoms with Crippen LogP contribution in [-0.2, 0) is 11.2 Å². The molecule has 142 valence electrons. The molecule has 0 spiro atoms. The molecule has 2 aromatic heterocycles. The Morgan fingerprint density at radius 1 is 1.33 bits per heavy atom. The molecule has 0 saturated carbocycles. The number of para-hydroxylation sites is 1. The summed E-state index contributed by atoms with van der Waals surface area (Å²) in [5.74, 6) is 0.564. The number of hydrogen-bond donors (Lipinski definition) is 1. The van der Waals surface area contributed by atoms with Crippen LogP contribution in [0.1, 0.15) is 35.6 Å². The van der Waals surface area contributed by atoms with Crippen molar-refractivity contribution in [2.24, 2.45) is 0 Å². The summed E-state index contributed by atoms with van der Waals surface area (Å²) in [5, 5.41) is 6.40. The maximum atomic E-state index is 12.6. The lowest BCUT2D eigenvalue weighted by atomic mass is 9.97. The summed E-state index contributed by atoms with van der Waals surface area (Å²) >= 11 is 3.54. The van der Waals surface area contributed by atoms with Gasteiger partial charge in [0.2, 0.25) is 5.91 Å². The fourth-order valence-corrected chi connectivity index (χ4v) is 5.50. The zero-order valence-corrected chi connectivity index (χ0v) is 17.2. The maximum absolute atomic E-state index is 12.6. The normalized spacial score (nSPS) is 19.2. The summed E-state index contributed by atoms with van der Waals surface area (Å²) in [7, 11) is 0. The predicted octanol–water partition coefficient (Wildman–Crippen LogP) is 4.28. The van der Waals surface area contributed by atoms with Gasteiger partial charge in [0.1, 0.15) is 0 Å². The van der Waals surface area contributed by atoms with E-state index < -0.39 is 0 Å². The quantitative estimate of drug-likeness (QED) is 0.673. The molecule has 2 atom stereocenters. The van der Waals surface area contributed by atoms with Gasteiger partial charge in [-0.2, -0.15) is 0 Å². The summed E-state index contributed by atoms with van der Waals surface area (Å²) in [6.45, 7) is 4.64. The zero-order chi connectivity index (χ0) is 18.6. The van der Waals surface area contributed by atoms with E-state index in [0.29, 0.717) is 12.5 Å². The van der Waals surface area contributed by atoms with Crippen molar-refractivity contribution in [1.82, 2.24) is 15.2 Å². The average molecular weight is 400 g/mol. The number of thiazole rings is 1. The highest BCUT2D eigenvalue weighted by molar-refractivity contribution is 7.18. The lowest BCUT2D eigenvalue weighted by Crippen LogP contribution is -2.49. The Balaban J connectivity index is 1.34. The number of fused-ring (bicyclic) bond motifs is 1. The Morgan fingerprint density at radius 3 is 3.04 bits per heavy atom. The van der Waals surface area contributed by atoms with Crippen molar-refractivity contribution in [3.8, 4) is 0 Å². The number of aromatic nitrogens is 1. The lowest BCUT2D eigenvalue weighted by molar-refractivity contribution is -0.126. The van der Waals surface area contributed by atoms with Gasteiger partial charge < -0.3 is 5.32 Å². The van der Waals surface area contributed by atoms with Crippen molar-refractivity contribution in [1.29, 1.82) is 0 Å². The second-order valence-electron chi connectivity index (χ2n) is 7.15. The molecular formula is C21H25N3OS2. The van der Waals surface area contributed by atoms with Gasteiger partial charge in [-0.15, -0.1) is 22.7 Å². The number of amides is 1. The topological polar surface area (TPSA) is 45.2 Å². The third kappa shape index (κ3) is 4.39. The number of carbonyl (C=O) groups is 1. The van der Waals surface area contributed by atoms with Crippen LogP contribution in [0.4, 0.5) is 0 Å². The summed E-state index contributed by atoms with van der Waals surface area (Å²) < 4.78 is 1.25. The largest absolute Gasteiger partial charge is 0.354 e. The molecule has 0 aliphatic carbocycles.